The molecule has 0 radical (unpaired) electrons. The number of H-pyrrole nitrogens is 1. The minimum atomic E-state index is -0.512. The molecule has 0 unspecified atom stereocenters. The summed E-state index contributed by atoms with van der Waals surface area (Å²) in [4.78, 5) is 0. The summed E-state index contributed by atoms with van der Waals surface area (Å²) in [6, 6.07) is 16.8. The van der Waals surface area contributed by atoms with Crippen LogP contribution in [0.25, 0.3) is 11.3 Å². The molecule has 1 aliphatic rings. The summed E-state index contributed by atoms with van der Waals surface area (Å²) >= 11 is 0. The summed E-state index contributed by atoms with van der Waals surface area (Å²) in [6.45, 7) is 2.24. The summed E-state index contributed by atoms with van der Waals surface area (Å²) < 4.78 is 11.1. The number of phenolic OH excluding ortho intramolecular Hbond substituents is 1. The molecule has 3 aromatic rings. The molecule has 0 saturated carbocycles. The van der Waals surface area contributed by atoms with Crippen molar-refractivity contribution in [1.29, 1.82) is 5.26 Å². The van der Waals surface area contributed by atoms with E-state index >= 15 is 0 Å². The van der Waals surface area contributed by atoms with Crippen LogP contribution < -0.4 is 15.2 Å². The van der Waals surface area contributed by atoms with Gasteiger partial charge in [-0.25, -0.2) is 0 Å². The molecular weight excluding hydrogens is 356 g/mol. The number of aromatic nitrogens is 2. The normalized spacial score (nSPS) is 15.5. The Bertz CT molecular complexity index is 1100. The van der Waals surface area contributed by atoms with Crippen molar-refractivity contribution in [3.63, 3.8) is 0 Å². The van der Waals surface area contributed by atoms with Gasteiger partial charge < -0.3 is 20.3 Å². The van der Waals surface area contributed by atoms with Crippen molar-refractivity contribution in [3.05, 3.63) is 71.1 Å². The van der Waals surface area contributed by atoms with Crippen LogP contribution in [0.5, 0.6) is 17.4 Å². The molecule has 140 valence electrons. The maximum absolute atomic E-state index is 10.1. The van der Waals surface area contributed by atoms with Gasteiger partial charge in [-0.1, -0.05) is 36.4 Å². The van der Waals surface area contributed by atoms with Crippen LogP contribution in [0.2, 0.25) is 0 Å². The van der Waals surface area contributed by atoms with Gasteiger partial charge in [0.05, 0.1) is 23.8 Å². The lowest BCUT2D eigenvalue weighted by Crippen LogP contribution is -2.21. The summed E-state index contributed by atoms with van der Waals surface area (Å²) in [5.74, 6) is 0.198. The summed E-state index contributed by atoms with van der Waals surface area (Å²) in [6.07, 6.45) is 0. The quantitative estimate of drug-likeness (QED) is 0.644. The average molecular weight is 374 g/mol. The summed E-state index contributed by atoms with van der Waals surface area (Å²) in [5.41, 5.74) is 9.39. The van der Waals surface area contributed by atoms with E-state index in [9.17, 15) is 10.4 Å². The molecule has 0 bridgehead atoms. The molecule has 0 spiro atoms. The van der Waals surface area contributed by atoms with Crippen LogP contribution in [-0.4, -0.2) is 21.9 Å². The number of hydrogen-bond donors (Lipinski definition) is 3. The second kappa shape index (κ2) is 7.00. The van der Waals surface area contributed by atoms with E-state index in [1.807, 2.05) is 37.3 Å². The standard InChI is InChI=1S/C21H18N4O3/c1-2-27-16-10-13(8-9-15(16)26)17-14(11-22)20(23)28-21-18(17)19(24-25-21)12-6-4-3-5-7-12/h3-10,17,26H,2,23H2,1H3,(H,24,25)/t17-/m1/s1. The molecule has 28 heavy (non-hydrogen) atoms. The number of nitrogens with one attached hydrogen (secondary N) is 1. The SMILES string of the molecule is CCOc1cc([C@@H]2C(C#N)=C(N)Oc3n[nH]c(-c4ccccc4)c32)ccc1O. The van der Waals surface area contributed by atoms with Gasteiger partial charge in [-0.05, 0) is 30.2 Å². The first-order chi connectivity index (χ1) is 13.6. The monoisotopic (exact) mass is 374 g/mol. The number of aromatic hydroxyl groups is 1. The Morgan fingerprint density at radius 1 is 1.29 bits per heavy atom. The first-order valence-electron chi connectivity index (χ1n) is 8.81. The lowest BCUT2D eigenvalue weighted by molar-refractivity contribution is 0.317. The van der Waals surface area contributed by atoms with E-state index < -0.39 is 5.92 Å². The largest absolute Gasteiger partial charge is 0.504 e. The third-order valence-electron chi connectivity index (χ3n) is 4.62. The number of benzene rings is 2. The number of aromatic amines is 1. The highest BCUT2D eigenvalue weighted by atomic mass is 16.5. The van der Waals surface area contributed by atoms with Gasteiger partial charge in [-0.2, -0.15) is 5.26 Å². The number of ether oxygens (including phenoxy) is 2. The number of rotatable bonds is 4. The number of nitrogens with two attached hydrogens (primary N) is 1. The van der Waals surface area contributed by atoms with Crippen molar-refractivity contribution in [3.8, 4) is 34.7 Å². The fourth-order valence-corrected chi connectivity index (χ4v) is 3.38. The van der Waals surface area contributed by atoms with Crippen LogP contribution in [0.3, 0.4) is 0 Å². The zero-order chi connectivity index (χ0) is 19.7. The van der Waals surface area contributed by atoms with Crippen LogP contribution >= 0.6 is 0 Å². The highest BCUT2D eigenvalue weighted by Gasteiger charge is 2.36. The zero-order valence-electron chi connectivity index (χ0n) is 15.1. The molecule has 4 rings (SSSR count). The fourth-order valence-electron chi connectivity index (χ4n) is 3.38. The topological polar surface area (TPSA) is 117 Å². The predicted octanol–water partition coefficient (Wildman–Crippen LogP) is 3.40. The maximum atomic E-state index is 10.1. The minimum absolute atomic E-state index is 0.0112. The Balaban J connectivity index is 1.93. The lowest BCUT2D eigenvalue weighted by atomic mass is 9.83. The molecule has 0 fully saturated rings. The molecule has 2 aromatic carbocycles. The van der Waals surface area contributed by atoms with Crippen molar-refractivity contribution in [2.75, 3.05) is 6.61 Å². The van der Waals surface area contributed by atoms with Gasteiger partial charge in [0.15, 0.2) is 11.5 Å². The molecule has 7 heteroatoms. The summed E-state index contributed by atoms with van der Waals surface area (Å²) in [5, 5.41) is 27.1. The van der Waals surface area contributed by atoms with Gasteiger partial charge in [-0.3, -0.25) is 5.10 Å². The molecule has 1 atom stereocenters. The Morgan fingerprint density at radius 3 is 2.79 bits per heavy atom. The fraction of sp³-hybridized carbons (Fsp3) is 0.143. The van der Waals surface area contributed by atoms with Crippen molar-refractivity contribution < 1.29 is 14.6 Å². The number of phenols is 1. The number of allylic oxidation sites excluding steroid dienone is 1. The molecule has 0 amide bonds. The van der Waals surface area contributed by atoms with Gasteiger partial charge in [0.1, 0.15) is 11.6 Å². The van der Waals surface area contributed by atoms with E-state index in [0.29, 0.717) is 23.8 Å². The minimum Gasteiger partial charge on any atom is -0.504 e. The lowest BCUT2D eigenvalue weighted by Gasteiger charge is -2.24. The number of hydrogen-bond acceptors (Lipinski definition) is 6. The maximum Gasteiger partial charge on any atom is 0.244 e. The van der Waals surface area contributed by atoms with E-state index in [0.717, 1.165) is 16.8 Å². The van der Waals surface area contributed by atoms with Gasteiger partial charge in [-0.15, -0.1) is 5.10 Å². The molecule has 4 N–H and O–H groups in total. The summed E-state index contributed by atoms with van der Waals surface area (Å²) in [7, 11) is 0. The van der Waals surface area contributed by atoms with Crippen LogP contribution in [-0.2, 0) is 0 Å². The third-order valence-corrected chi connectivity index (χ3v) is 4.62. The Labute approximate surface area is 161 Å². The Kier molecular flexibility index (Phi) is 4.38. The first kappa shape index (κ1) is 17.5. The second-order valence-corrected chi connectivity index (χ2v) is 6.27. The highest BCUT2D eigenvalue weighted by Crippen LogP contribution is 2.46. The Hall–Kier alpha value is -3.92. The van der Waals surface area contributed by atoms with Gasteiger partial charge in [0.2, 0.25) is 11.8 Å². The van der Waals surface area contributed by atoms with Gasteiger partial charge in [0, 0.05) is 0 Å². The van der Waals surface area contributed by atoms with Crippen LogP contribution in [0.4, 0.5) is 0 Å². The third kappa shape index (κ3) is 2.81. The second-order valence-electron chi connectivity index (χ2n) is 6.27. The number of fused-ring (bicyclic) bond motifs is 1. The van der Waals surface area contributed by atoms with Crippen LogP contribution in [0.15, 0.2) is 60.0 Å². The molecular formula is C21H18N4O3. The van der Waals surface area contributed by atoms with Crippen molar-refractivity contribution in [2.24, 2.45) is 5.73 Å². The Morgan fingerprint density at radius 2 is 2.07 bits per heavy atom. The van der Waals surface area contributed by atoms with E-state index in [1.54, 1.807) is 18.2 Å². The molecule has 7 nitrogen and oxygen atoms in total. The van der Waals surface area contributed by atoms with Crippen molar-refractivity contribution >= 4 is 0 Å². The number of nitriles is 1. The van der Waals surface area contributed by atoms with Crippen LogP contribution in [0, 0.1) is 11.3 Å². The predicted molar refractivity (Wildman–Crippen MR) is 103 cm³/mol. The van der Waals surface area contributed by atoms with E-state index in [2.05, 4.69) is 16.3 Å². The molecule has 0 saturated heterocycles. The van der Waals surface area contributed by atoms with E-state index in [1.165, 1.54) is 0 Å². The van der Waals surface area contributed by atoms with Crippen molar-refractivity contribution in [1.82, 2.24) is 10.2 Å². The van der Waals surface area contributed by atoms with Crippen LogP contribution in [0.1, 0.15) is 24.0 Å². The molecule has 2 heterocycles. The smallest absolute Gasteiger partial charge is 0.244 e. The van der Waals surface area contributed by atoms with Crippen molar-refractivity contribution in [2.45, 2.75) is 12.8 Å². The number of nitrogens with zero attached hydrogens (tertiary/aromatic N) is 2. The van der Waals surface area contributed by atoms with E-state index in [4.69, 9.17) is 15.2 Å². The molecule has 1 aliphatic heterocycles. The highest BCUT2D eigenvalue weighted by molar-refractivity contribution is 5.71. The average Bonchev–Trinajstić information content (AvgIpc) is 3.13. The first-order valence-corrected chi connectivity index (χ1v) is 8.81. The molecule has 0 aliphatic carbocycles. The van der Waals surface area contributed by atoms with Gasteiger partial charge >= 0.3 is 0 Å². The molecule has 1 aromatic heterocycles. The van der Waals surface area contributed by atoms with Gasteiger partial charge in [0.25, 0.3) is 0 Å². The zero-order valence-corrected chi connectivity index (χ0v) is 15.1. The van der Waals surface area contributed by atoms with E-state index in [-0.39, 0.29) is 17.2 Å².